The van der Waals surface area contributed by atoms with E-state index in [2.05, 4.69) is 49.6 Å². The smallest absolute Gasteiger partial charge is 0.240 e. The van der Waals surface area contributed by atoms with Crippen molar-refractivity contribution in [3.63, 3.8) is 0 Å². The van der Waals surface area contributed by atoms with Gasteiger partial charge in [-0.25, -0.2) is 9.97 Å². The van der Waals surface area contributed by atoms with E-state index in [1.54, 1.807) is 18.4 Å². The van der Waals surface area contributed by atoms with E-state index in [-0.39, 0.29) is 0 Å². The summed E-state index contributed by atoms with van der Waals surface area (Å²) in [5, 5.41) is 7.19. The SMILES string of the molecule is COCc1nc(N2CCN(Cc3nc(C)no3)CC2)c2c(-c3ccccc3)csc2n1. The van der Waals surface area contributed by atoms with Gasteiger partial charge in [0.15, 0.2) is 11.6 Å². The van der Waals surface area contributed by atoms with Gasteiger partial charge in [-0.1, -0.05) is 35.5 Å². The molecule has 1 aromatic carbocycles. The molecule has 1 fully saturated rings. The Bertz CT molecular complexity index is 1170. The van der Waals surface area contributed by atoms with Gasteiger partial charge in [-0.2, -0.15) is 4.98 Å². The van der Waals surface area contributed by atoms with Crippen LogP contribution in [0.1, 0.15) is 17.5 Å². The molecule has 0 unspecified atom stereocenters. The molecule has 1 aliphatic heterocycles. The van der Waals surface area contributed by atoms with Crippen molar-refractivity contribution in [2.24, 2.45) is 0 Å². The fourth-order valence-corrected chi connectivity index (χ4v) is 4.89. The lowest BCUT2D eigenvalue weighted by Gasteiger charge is -2.35. The minimum Gasteiger partial charge on any atom is -0.377 e. The van der Waals surface area contributed by atoms with Crippen molar-refractivity contribution >= 4 is 27.4 Å². The number of anilines is 1. The molecule has 0 bridgehead atoms. The Morgan fingerprint density at radius 2 is 1.87 bits per heavy atom. The van der Waals surface area contributed by atoms with Crippen LogP contribution in [-0.4, -0.2) is 58.3 Å². The fourth-order valence-electron chi connectivity index (χ4n) is 3.93. The molecule has 0 atom stereocenters. The number of fused-ring (bicyclic) bond motifs is 1. The molecule has 3 aromatic heterocycles. The van der Waals surface area contributed by atoms with Gasteiger partial charge in [-0.3, -0.25) is 4.90 Å². The first kappa shape index (κ1) is 20.0. The van der Waals surface area contributed by atoms with Crippen LogP contribution in [0.25, 0.3) is 21.3 Å². The summed E-state index contributed by atoms with van der Waals surface area (Å²) in [7, 11) is 1.68. The highest BCUT2D eigenvalue weighted by Crippen LogP contribution is 2.38. The molecule has 8 nitrogen and oxygen atoms in total. The van der Waals surface area contributed by atoms with Crippen molar-refractivity contribution in [3.05, 3.63) is 53.3 Å². The molecule has 0 N–H and O–H groups in total. The third kappa shape index (κ3) is 4.16. The van der Waals surface area contributed by atoms with Crippen LogP contribution in [0.4, 0.5) is 5.82 Å². The van der Waals surface area contributed by atoms with Gasteiger partial charge in [0.2, 0.25) is 5.89 Å². The van der Waals surface area contributed by atoms with Gasteiger partial charge in [-0.05, 0) is 12.5 Å². The number of piperazine rings is 1. The Morgan fingerprint density at radius 3 is 2.58 bits per heavy atom. The standard InChI is InChI=1S/C22H24N6O2S/c1-15-23-19(30-26-15)12-27-8-10-28(11-9-27)21-20-17(16-6-4-3-5-7-16)14-31-22(20)25-18(24-21)13-29-2/h3-7,14H,8-13H2,1-2H3. The van der Waals surface area contributed by atoms with Crippen molar-refractivity contribution in [2.45, 2.75) is 20.1 Å². The second kappa shape index (κ2) is 8.70. The molecule has 5 rings (SSSR count). The van der Waals surface area contributed by atoms with Crippen molar-refractivity contribution in [2.75, 3.05) is 38.2 Å². The van der Waals surface area contributed by atoms with Crippen LogP contribution >= 0.6 is 11.3 Å². The average molecular weight is 437 g/mol. The van der Waals surface area contributed by atoms with Crippen LogP contribution in [0.2, 0.25) is 0 Å². The highest BCUT2D eigenvalue weighted by Gasteiger charge is 2.24. The molecule has 0 amide bonds. The third-order valence-corrected chi connectivity index (χ3v) is 6.29. The molecule has 0 aliphatic carbocycles. The minimum atomic E-state index is 0.401. The lowest BCUT2D eigenvalue weighted by molar-refractivity contribution is 0.178. The van der Waals surface area contributed by atoms with Crippen LogP contribution in [0.5, 0.6) is 0 Å². The quantitative estimate of drug-likeness (QED) is 0.454. The maximum atomic E-state index is 5.33. The van der Waals surface area contributed by atoms with Crippen molar-refractivity contribution in [1.29, 1.82) is 0 Å². The zero-order chi connectivity index (χ0) is 21.2. The number of hydrogen-bond donors (Lipinski definition) is 0. The lowest BCUT2D eigenvalue weighted by atomic mass is 10.1. The summed E-state index contributed by atoms with van der Waals surface area (Å²) in [5.41, 5.74) is 2.37. The van der Waals surface area contributed by atoms with E-state index in [1.165, 1.54) is 11.1 Å². The predicted octanol–water partition coefficient (Wildman–Crippen LogP) is 3.52. The molecule has 1 saturated heterocycles. The van der Waals surface area contributed by atoms with E-state index in [0.29, 0.717) is 24.9 Å². The van der Waals surface area contributed by atoms with Crippen LogP contribution in [0.15, 0.2) is 40.2 Å². The predicted molar refractivity (Wildman–Crippen MR) is 120 cm³/mol. The minimum absolute atomic E-state index is 0.401. The molecule has 9 heteroatoms. The molecular formula is C22H24N6O2S. The van der Waals surface area contributed by atoms with Crippen molar-refractivity contribution in [3.8, 4) is 11.1 Å². The number of hydrogen-bond acceptors (Lipinski definition) is 9. The van der Waals surface area contributed by atoms with Crippen molar-refractivity contribution < 1.29 is 9.26 Å². The van der Waals surface area contributed by atoms with Gasteiger partial charge in [0.05, 0.1) is 11.9 Å². The molecule has 0 saturated carbocycles. The topological polar surface area (TPSA) is 80.4 Å². The van der Waals surface area contributed by atoms with E-state index in [1.807, 2.05) is 13.0 Å². The zero-order valence-electron chi connectivity index (χ0n) is 17.6. The highest BCUT2D eigenvalue weighted by atomic mass is 32.1. The number of methoxy groups -OCH3 is 1. The Morgan fingerprint density at radius 1 is 1.06 bits per heavy atom. The number of aryl methyl sites for hydroxylation is 1. The van der Waals surface area contributed by atoms with Gasteiger partial charge in [-0.15, -0.1) is 11.3 Å². The first-order valence-corrected chi connectivity index (χ1v) is 11.2. The van der Waals surface area contributed by atoms with Gasteiger partial charge in [0, 0.05) is 44.2 Å². The van der Waals surface area contributed by atoms with Crippen LogP contribution < -0.4 is 4.90 Å². The molecule has 160 valence electrons. The molecule has 0 radical (unpaired) electrons. The summed E-state index contributed by atoms with van der Waals surface area (Å²) >= 11 is 1.66. The number of aromatic nitrogens is 4. The summed E-state index contributed by atoms with van der Waals surface area (Å²) in [4.78, 5) is 19.7. The van der Waals surface area contributed by atoms with E-state index in [9.17, 15) is 0 Å². The summed E-state index contributed by atoms with van der Waals surface area (Å²) in [6.45, 7) is 6.46. The third-order valence-electron chi connectivity index (χ3n) is 5.42. The molecule has 4 heterocycles. The molecular weight excluding hydrogens is 412 g/mol. The average Bonchev–Trinajstić information content (AvgIpc) is 3.40. The molecule has 4 aromatic rings. The summed E-state index contributed by atoms with van der Waals surface area (Å²) in [6.07, 6.45) is 0. The second-order valence-electron chi connectivity index (χ2n) is 7.59. The Kier molecular flexibility index (Phi) is 5.63. The summed E-state index contributed by atoms with van der Waals surface area (Å²) in [5.74, 6) is 3.05. The molecule has 0 spiro atoms. The lowest BCUT2D eigenvalue weighted by Crippen LogP contribution is -2.46. The normalized spacial score (nSPS) is 15.1. The van der Waals surface area contributed by atoms with Gasteiger partial charge >= 0.3 is 0 Å². The highest BCUT2D eigenvalue weighted by molar-refractivity contribution is 7.17. The number of rotatable bonds is 6. The maximum Gasteiger partial charge on any atom is 0.240 e. The Hall–Kier alpha value is -2.88. The second-order valence-corrected chi connectivity index (χ2v) is 8.45. The number of thiophene rings is 1. The fraction of sp³-hybridized carbons (Fsp3) is 0.364. The first-order chi connectivity index (χ1) is 15.2. The van der Waals surface area contributed by atoms with E-state index < -0.39 is 0 Å². The number of nitrogens with zero attached hydrogens (tertiary/aromatic N) is 6. The summed E-state index contributed by atoms with van der Waals surface area (Å²) < 4.78 is 10.6. The summed E-state index contributed by atoms with van der Waals surface area (Å²) in [6, 6.07) is 10.4. The number of ether oxygens (including phenoxy) is 1. The van der Waals surface area contributed by atoms with E-state index >= 15 is 0 Å². The van der Waals surface area contributed by atoms with Gasteiger partial charge < -0.3 is 14.2 Å². The van der Waals surface area contributed by atoms with Crippen molar-refractivity contribution in [1.82, 2.24) is 25.0 Å². The van der Waals surface area contributed by atoms with Crippen LogP contribution in [0.3, 0.4) is 0 Å². The van der Waals surface area contributed by atoms with E-state index in [4.69, 9.17) is 19.2 Å². The Balaban J connectivity index is 1.44. The van der Waals surface area contributed by atoms with Gasteiger partial charge in [0.25, 0.3) is 0 Å². The van der Waals surface area contributed by atoms with E-state index in [0.717, 1.165) is 48.0 Å². The maximum absolute atomic E-state index is 5.33. The first-order valence-electron chi connectivity index (χ1n) is 10.3. The van der Waals surface area contributed by atoms with Crippen LogP contribution in [-0.2, 0) is 17.9 Å². The zero-order valence-corrected chi connectivity index (χ0v) is 18.4. The monoisotopic (exact) mass is 436 g/mol. The van der Waals surface area contributed by atoms with Crippen LogP contribution in [0, 0.1) is 6.92 Å². The molecule has 31 heavy (non-hydrogen) atoms. The largest absolute Gasteiger partial charge is 0.377 e. The molecule has 1 aliphatic rings. The number of benzene rings is 1. The Labute approximate surface area is 184 Å². The van der Waals surface area contributed by atoms with Gasteiger partial charge in [0.1, 0.15) is 17.3 Å².